The Morgan fingerprint density at radius 2 is 1.96 bits per heavy atom. The molecule has 4 rings (SSSR count). The molecular weight excluding hydrogens is 338 g/mol. The van der Waals surface area contributed by atoms with Crippen LogP contribution in [0.4, 0.5) is 5.82 Å². The highest BCUT2D eigenvalue weighted by molar-refractivity contribution is 5.59. The molecule has 2 aromatic rings. The summed E-state index contributed by atoms with van der Waals surface area (Å²) >= 11 is 0. The molecule has 0 amide bonds. The Morgan fingerprint density at radius 1 is 1.04 bits per heavy atom. The van der Waals surface area contributed by atoms with Crippen LogP contribution in [0.15, 0.2) is 42.5 Å². The van der Waals surface area contributed by atoms with Gasteiger partial charge in [-0.05, 0) is 30.9 Å². The van der Waals surface area contributed by atoms with E-state index in [9.17, 15) is 0 Å². The number of rotatable bonds is 7. The van der Waals surface area contributed by atoms with E-state index in [2.05, 4.69) is 26.1 Å². The SMILES string of the molecule is c1ccc(-c2ccc(NCCNC3CCCC3C3COCCN3)nn2)cc1. The van der Waals surface area contributed by atoms with Gasteiger partial charge in [0, 0.05) is 37.3 Å². The van der Waals surface area contributed by atoms with Gasteiger partial charge >= 0.3 is 0 Å². The Bertz CT molecular complexity index is 687. The lowest BCUT2D eigenvalue weighted by Gasteiger charge is -2.33. The summed E-state index contributed by atoms with van der Waals surface area (Å²) in [6, 6.07) is 15.2. The minimum absolute atomic E-state index is 0.503. The van der Waals surface area contributed by atoms with Crippen molar-refractivity contribution in [3.63, 3.8) is 0 Å². The van der Waals surface area contributed by atoms with Crippen LogP contribution in [0, 0.1) is 5.92 Å². The van der Waals surface area contributed by atoms with E-state index >= 15 is 0 Å². The van der Waals surface area contributed by atoms with Gasteiger partial charge in [-0.2, -0.15) is 0 Å². The predicted molar refractivity (Wildman–Crippen MR) is 108 cm³/mol. The summed E-state index contributed by atoms with van der Waals surface area (Å²) in [4.78, 5) is 0. The molecule has 1 saturated carbocycles. The summed E-state index contributed by atoms with van der Waals surface area (Å²) in [5.74, 6) is 1.50. The average molecular weight is 367 g/mol. The molecule has 6 heteroatoms. The molecule has 1 aromatic carbocycles. The van der Waals surface area contributed by atoms with Gasteiger partial charge in [-0.3, -0.25) is 0 Å². The number of nitrogens with zero attached hydrogens (tertiary/aromatic N) is 2. The Balaban J connectivity index is 1.22. The molecule has 1 saturated heterocycles. The zero-order valence-corrected chi connectivity index (χ0v) is 15.7. The van der Waals surface area contributed by atoms with E-state index in [1.54, 1.807) is 0 Å². The molecule has 3 unspecified atom stereocenters. The van der Waals surface area contributed by atoms with Crippen LogP contribution in [-0.2, 0) is 4.74 Å². The number of benzene rings is 1. The number of hydrogen-bond acceptors (Lipinski definition) is 6. The smallest absolute Gasteiger partial charge is 0.148 e. The van der Waals surface area contributed by atoms with Crippen LogP contribution in [0.1, 0.15) is 19.3 Å². The van der Waals surface area contributed by atoms with Gasteiger partial charge in [0.25, 0.3) is 0 Å². The number of nitrogens with one attached hydrogen (secondary N) is 3. The van der Waals surface area contributed by atoms with Gasteiger partial charge in [0.2, 0.25) is 0 Å². The predicted octanol–water partition coefficient (Wildman–Crippen LogP) is 2.30. The molecule has 3 atom stereocenters. The number of anilines is 1. The Hall–Kier alpha value is -2.02. The molecule has 0 bridgehead atoms. The first-order chi connectivity index (χ1) is 13.4. The molecule has 2 heterocycles. The fourth-order valence-electron chi connectivity index (χ4n) is 4.22. The van der Waals surface area contributed by atoms with E-state index in [0.29, 0.717) is 18.0 Å². The minimum atomic E-state index is 0.503. The summed E-state index contributed by atoms with van der Waals surface area (Å²) in [6.45, 7) is 4.45. The summed E-state index contributed by atoms with van der Waals surface area (Å²) in [5.41, 5.74) is 1.99. The van der Waals surface area contributed by atoms with E-state index in [0.717, 1.165) is 49.9 Å². The largest absolute Gasteiger partial charge is 0.379 e. The molecular formula is C21H29N5O. The first-order valence-corrected chi connectivity index (χ1v) is 10.1. The monoisotopic (exact) mass is 367 g/mol. The molecule has 2 aliphatic rings. The van der Waals surface area contributed by atoms with Gasteiger partial charge < -0.3 is 20.7 Å². The molecule has 6 nitrogen and oxygen atoms in total. The lowest BCUT2D eigenvalue weighted by Crippen LogP contribution is -2.51. The van der Waals surface area contributed by atoms with Gasteiger partial charge in [-0.15, -0.1) is 10.2 Å². The van der Waals surface area contributed by atoms with Crippen molar-refractivity contribution in [2.24, 2.45) is 5.92 Å². The van der Waals surface area contributed by atoms with Crippen LogP contribution >= 0.6 is 0 Å². The van der Waals surface area contributed by atoms with E-state index < -0.39 is 0 Å². The highest BCUT2D eigenvalue weighted by atomic mass is 16.5. The second-order valence-corrected chi connectivity index (χ2v) is 7.39. The Labute approximate surface area is 161 Å². The zero-order chi connectivity index (χ0) is 18.3. The first-order valence-electron chi connectivity index (χ1n) is 10.1. The maximum absolute atomic E-state index is 5.65. The molecule has 1 aromatic heterocycles. The fraction of sp³-hybridized carbons (Fsp3) is 0.524. The van der Waals surface area contributed by atoms with Gasteiger partial charge in [-0.1, -0.05) is 36.8 Å². The summed E-state index contributed by atoms with van der Waals surface area (Å²) in [6.07, 6.45) is 3.85. The van der Waals surface area contributed by atoms with Crippen molar-refractivity contribution in [1.29, 1.82) is 0 Å². The highest BCUT2D eigenvalue weighted by Gasteiger charge is 2.34. The first kappa shape index (κ1) is 18.3. The molecule has 1 aliphatic heterocycles. The number of morpholine rings is 1. The van der Waals surface area contributed by atoms with Gasteiger partial charge in [-0.25, -0.2) is 0 Å². The molecule has 0 spiro atoms. The second kappa shape index (κ2) is 9.26. The Kier molecular flexibility index (Phi) is 6.29. The van der Waals surface area contributed by atoms with Gasteiger partial charge in [0.15, 0.2) is 0 Å². The standard InChI is InChI=1S/C21H29N5O/c1-2-5-16(6-3-1)18-9-10-21(26-25-18)24-12-11-22-19-8-4-7-17(19)20-15-27-14-13-23-20/h1-3,5-6,9-10,17,19-20,22-23H,4,7-8,11-15H2,(H,24,26). The second-order valence-electron chi connectivity index (χ2n) is 7.39. The van der Waals surface area contributed by atoms with Crippen LogP contribution in [-0.4, -0.2) is 55.1 Å². The van der Waals surface area contributed by atoms with Crippen molar-refractivity contribution < 1.29 is 4.74 Å². The zero-order valence-electron chi connectivity index (χ0n) is 15.7. The quantitative estimate of drug-likeness (QED) is 0.653. The number of ether oxygens (including phenoxy) is 1. The maximum Gasteiger partial charge on any atom is 0.148 e. The average Bonchev–Trinajstić information content (AvgIpc) is 3.21. The normalized spacial score (nSPS) is 25.4. The number of hydrogen-bond donors (Lipinski definition) is 3. The molecule has 1 aliphatic carbocycles. The lowest BCUT2D eigenvalue weighted by molar-refractivity contribution is 0.0526. The van der Waals surface area contributed by atoms with Crippen molar-refractivity contribution in [3.8, 4) is 11.3 Å². The van der Waals surface area contributed by atoms with Crippen molar-refractivity contribution in [2.45, 2.75) is 31.3 Å². The summed E-state index contributed by atoms with van der Waals surface area (Å²) < 4.78 is 5.65. The van der Waals surface area contributed by atoms with Crippen molar-refractivity contribution in [3.05, 3.63) is 42.5 Å². The van der Waals surface area contributed by atoms with Crippen molar-refractivity contribution in [2.75, 3.05) is 38.2 Å². The van der Waals surface area contributed by atoms with E-state index in [1.807, 2.05) is 42.5 Å². The van der Waals surface area contributed by atoms with Crippen LogP contribution in [0.3, 0.4) is 0 Å². The molecule has 3 N–H and O–H groups in total. The molecule has 144 valence electrons. The van der Waals surface area contributed by atoms with Gasteiger partial charge in [0.1, 0.15) is 5.82 Å². The number of aromatic nitrogens is 2. The van der Waals surface area contributed by atoms with E-state index in [4.69, 9.17) is 4.74 Å². The third-order valence-electron chi connectivity index (χ3n) is 5.61. The highest BCUT2D eigenvalue weighted by Crippen LogP contribution is 2.29. The van der Waals surface area contributed by atoms with Gasteiger partial charge in [0.05, 0.1) is 18.9 Å². The van der Waals surface area contributed by atoms with Crippen molar-refractivity contribution >= 4 is 5.82 Å². The lowest BCUT2D eigenvalue weighted by atomic mass is 9.94. The molecule has 2 fully saturated rings. The van der Waals surface area contributed by atoms with Crippen LogP contribution in [0.5, 0.6) is 0 Å². The topological polar surface area (TPSA) is 71.1 Å². The Morgan fingerprint density at radius 3 is 2.74 bits per heavy atom. The fourth-order valence-corrected chi connectivity index (χ4v) is 4.22. The molecule has 27 heavy (non-hydrogen) atoms. The maximum atomic E-state index is 5.65. The van der Waals surface area contributed by atoms with E-state index in [1.165, 1.54) is 19.3 Å². The third kappa shape index (κ3) is 4.83. The van der Waals surface area contributed by atoms with Crippen LogP contribution in [0.25, 0.3) is 11.3 Å². The van der Waals surface area contributed by atoms with Crippen LogP contribution < -0.4 is 16.0 Å². The minimum Gasteiger partial charge on any atom is -0.379 e. The van der Waals surface area contributed by atoms with E-state index in [-0.39, 0.29) is 0 Å². The van der Waals surface area contributed by atoms with Crippen molar-refractivity contribution in [1.82, 2.24) is 20.8 Å². The summed E-state index contributed by atoms with van der Waals surface area (Å²) in [5, 5.41) is 19.3. The summed E-state index contributed by atoms with van der Waals surface area (Å²) in [7, 11) is 0. The molecule has 0 radical (unpaired) electrons. The van der Waals surface area contributed by atoms with Crippen LogP contribution in [0.2, 0.25) is 0 Å². The third-order valence-corrected chi connectivity index (χ3v) is 5.61.